The molecule has 0 fully saturated rings. The average molecular weight is 354 g/mol. The van der Waals surface area contributed by atoms with Crippen LogP contribution in [0.25, 0.3) is 0 Å². The predicted octanol–water partition coefficient (Wildman–Crippen LogP) is 4.10. The highest BCUT2D eigenvalue weighted by molar-refractivity contribution is 6.30. The van der Waals surface area contributed by atoms with E-state index in [2.05, 4.69) is 18.6 Å². The van der Waals surface area contributed by atoms with Crippen LogP contribution >= 0.6 is 11.6 Å². The first-order chi connectivity index (χ1) is 11.4. The van der Waals surface area contributed by atoms with Gasteiger partial charge in [0, 0.05) is 24.5 Å². The van der Waals surface area contributed by atoms with Crippen LogP contribution in [0.1, 0.15) is 45.1 Å². The molecule has 0 aliphatic heterocycles. The van der Waals surface area contributed by atoms with Crippen LogP contribution in [0.4, 0.5) is 0 Å². The number of hydrogen-bond acceptors (Lipinski definition) is 3. The van der Waals surface area contributed by atoms with Crippen LogP contribution in [-0.4, -0.2) is 37.0 Å². The van der Waals surface area contributed by atoms with Gasteiger partial charge >= 0.3 is 5.97 Å². The SMILES string of the molecule is COC(=O)CCN(CCC(C)C)C(=O)CCCc1ccc(Cl)cc1. The zero-order valence-electron chi connectivity index (χ0n) is 14.9. The van der Waals surface area contributed by atoms with Gasteiger partial charge in [-0.05, 0) is 42.9 Å². The summed E-state index contributed by atoms with van der Waals surface area (Å²) in [6.45, 7) is 5.38. The van der Waals surface area contributed by atoms with Gasteiger partial charge in [0.1, 0.15) is 0 Å². The van der Waals surface area contributed by atoms with E-state index in [0.717, 1.165) is 24.3 Å². The maximum Gasteiger partial charge on any atom is 0.307 e. The summed E-state index contributed by atoms with van der Waals surface area (Å²) in [7, 11) is 1.37. The van der Waals surface area contributed by atoms with Crippen molar-refractivity contribution >= 4 is 23.5 Å². The minimum absolute atomic E-state index is 0.105. The molecule has 4 nitrogen and oxygen atoms in total. The molecule has 0 bridgehead atoms. The Kier molecular flexibility index (Phi) is 9.46. The molecule has 0 unspecified atom stereocenters. The van der Waals surface area contributed by atoms with Gasteiger partial charge in [0.25, 0.3) is 0 Å². The van der Waals surface area contributed by atoms with Crippen LogP contribution in [0.5, 0.6) is 0 Å². The summed E-state index contributed by atoms with van der Waals surface area (Å²) in [6.07, 6.45) is 3.30. The number of hydrogen-bond donors (Lipinski definition) is 0. The molecule has 0 N–H and O–H groups in total. The zero-order valence-corrected chi connectivity index (χ0v) is 15.6. The van der Waals surface area contributed by atoms with Crippen molar-refractivity contribution in [3.05, 3.63) is 34.9 Å². The number of benzene rings is 1. The summed E-state index contributed by atoms with van der Waals surface area (Å²) >= 11 is 5.87. The van der Waals surface area contributed by atoms with Crippen molar-refractivity contribution in [2.45, 2.75) is 46.0 Å². The fourth-order valence-corrected chi connectivity index (χ4v) is 2.48. The van der Waals surface area contributed by atoms with E-state index in [1.54, 1.807) is 4.90 Å². The number of carbonyl (C=O) groups excluding carboxylic acids is 2. The first kappa shape index (κ1) is 20.5. The molecule has 0 aliphatic carbocycles. The molecule has 0 saturated heterocycles. The maximum atomic E-state index is 12.5. The molecule has 24 heavy (non-hydrogen) atoms. The van der Waals surface area contributed by atoms with Gasteiger partial charge in [0.15, 0.2) is 0 Å². The Hall–Kier alpha value is -1.55. The molecule has 0 aromatic heterocycles. The van der Waals surface area contributed by atoms with Crippen molar-refractivity contribution in [3.63, 3.8) is 0 Å². The van der Waals surface area contributed by atoms with Crippen LogP contribution < -0.4 is 0 Å². The minimum atomic E-state index is -0.279. The van der Waals surface area contributed by atoms with Crippen LogP contribution in [-0.2, 0) is 20.7 Å². The average Bonchev–Trinajstić information content (AvgIpc) is 2.56. The number of rotatable bonds is 10. The normalized spacial score (nSPS) is 10.7. The molecule has 134 valence electrons. The van der Waals surface area contributed by atoms with Crippen LogP contribution in [0, 0.1) is 5.92 Å². The van der Waals surface area contributed by atoms with Crippen LogP contribution in [0.2, 0.25) is 5.02 Å². The van der Waals surface area contributed by atoms with E-state index in [1.165, 1.54) is 12.7 Å². The molecule has 5 heteroatoms. The highest BCUT2D eigenvalue weighted by Crippen LogP contribution is 2.13. The third kappa shape index (κ3) is 8.34. The minimum Gasteiger partial charge on any atom is -0.469 e. The largest absolute Gasteiger partial charge is 0.469 e. The van der Waals surface area contributed by atoms with Crippen molar-refractivity contribution in [2.24, 2.45) is 5.92 Å². The fourth-order valence-electron chi connectivity index (χ4n) is 2.36. The molecule has 1 amide bonds. The highest BCUT2D eigenvalue weighted by atomic mass is 35.5. The number of carbonyl (C=O) groups is 2. The number of amides is 1. The first-order valence-electron chi connectivity index (χ1n) is 8.51. The van der Waals surface area contributed by atoms with Gasteiger partial charge in [-0.15, -0.1) is 0 Å². The van der Waals surface area contributed by atoms with Crippen molar-refractivity contribution in [2.75, 3.05) is 20.2 Å². The van der Waals surface area contributed by atoms with Gasteiger partial charge in [-0.25, -0.2) is 0 Å². The smallest absolute Gasteiger partial charge is 0.307 e. The van der Waals surface area contributed by atoms with Crippen molar-refractivity contribution in [1.82, 2.24) is 4.90 Å². The van der Waals surface area contributed by atoms with Gasteiger partial charge in [0.05, 0.1) is 13.5 Å². The first-order valence-corrected chi connectivity index (χ1v) is 8.89. The quantitative estimate of drug-likeness (QED) is 0.595. The maximum absolute atomic E-state index is 12.5. The summed E-state index contributed by atoms with van der Waals surface area (Å²) < 4.78 is 4.67. The monoisotopic (exact) mass is 353 g/mol. The fraction of sp³-hybridized carbons (Fsp3) is 0.579. The number of methoxy groups -OCH3 is 1. The van der Waals surface area contributed by atoms with Crippen molar-refractivity contribution < 1.29 is 14.3 Å². The molecular weight excluding hydrogens is 326 g/mol. The Morgan fingerprint density at radius 1 is 1.12 bits per heavy atom. The van der Waals surface area contributed by atoms with Crippen LogP contribution in [0.15, 0.2) is 24.3 Å². The molecule has 0 spiro atoms. The summed E-state index contributed by atoms with van der Waals surface area (Å²) in [5, 5.41) is 0.720. The second-order valence-corrected chi connectivity index (χ2v) is 6.81. The lowest BCUT2D eigenvalue weighted by atomic mass is 10.1. The van der Waals surface area contributed by atoms with E-state index in [1.807, 2.05) is 24.3 Å². The number of halogens is 1. The van der Waals surface area contributed by atoms with E-state index in [9.17, 15) is 9.59 Å². The van der Waals surface area contributed by atoms with Gasteiger partial charge in [-0.1, -0.05) is 37.6 Å². The molecular formula is C19H28ClNO3. The van der Waals surface area contributed by atoms with E-state index >= 15 is 0 Å². The standard InChI is InChI=1S/C19H28ClNO3/c1-15(2)11-13-21(14-12-19(23)24-3)18(22)6-4-5-16-7-9-17(20)10-8-16/h7-10,15H,4-6,11-14H2,1-3H3. The summed E-state index contributed by atoms with van der Waals surface area (Å²) in [5.41, 5.74) is 1.18. The molecule has 1 rings (SSSR count). The molecule has 1 aromatic rings. The Morgan fingerprint density at radius 2 is 1.79 bits per heavy atom. The molecule has 0 saturated carbocycles. The molecule has 0 heterocycles. The second kappa shape index (κ2) is 11.1. The highest BCUT2D eigenvalue weighted by Gasteiger charge is 2.15. The number of esters is 1. The second-order valence-electron chi connectivity index (χ2n) is 6.37. The molecule has 1 aromatic carbocycles. The Labute approximate surface area is 150 Å². The number of aryl methyl sites for hydroxylation is 1. The van der Waals surface area contributed by atoms with E-state index in [4.69, 9.17) is 11.6 Å². The van der Waals surface area contributed by atoms with Gasteiger partial charge in [0.2, 0.25) is 5.91 Å². The van der Waals surface area contributed by atoms with Gasteiger partial charge < -0.3 is 9.64 Å². The third-order valence-corrected chi connectivity index (χ3v) is 4.16. The van der Waals surface area contributed by atoms with E-state index in [0.29, 0.717) is 25.4 Å². The lowest BCUT2D eigenvalue weighted by molar-refractivity contribution is -0.141. The lowest BCUT2D eigenvalue weighted by Crippen LogP contribution is -2.34. The van der Waals surface area contributed by atoms with E-state index < -0.39 is 0 Å². The number of nitrogens with zero attached hydrogens (tertiary/aromatic N) is 1. The zero-order chi connectivity index (χ0) is 17.9. The third-order valence-electron chi connectivity index (χ3n) is 3.91. The predicted molar refractivity (Wildman–Crippen MR) is 97.1 cm³/mol. The molecule has 0 aliphatic rings. The molecule has 0 radical (unpaired) electrons. The topological polar surface area (TPSA) is 46.6 Å². The van der Waals surface area contributed by atoms with Gasteiger partial charge in [-0.3, -0.25) is 9.59 Å². The van der Waals surface area contributed by atoms with E-state index in [-0.39, 0.29) is 18.3 Å². The number of ether oxygens (including phenoxy) is 1. The summed E-state index contributed by atoms with van der Waals surface area (Å²) in [4.78, 5) is 25.6. The Bertz CT molecular complexity index is 514. The van der Waals surface area contributed by atoms with Crippen LogP contribution in [0.3, 0.4) is 0 Å². The summed E-state index contributed by atoms with van der Waals surface area (Å²) in [5.74, 6) is 0.347. The molecule has 0 atom stereocenters. The van der Waals surface area contributed by atoms with Gasteiger partial charge in [-0.2, -0.15) is 0 Å². The summed E-state index contributed by atoms with van der Waals surface area (Å²) in [6, 6.07) is 7.70. The Balaban J connectivity index is 2.46. The van der Waals surface area contributed by atoms with Crippen molar-refractivity contribution in [3.8, 4) is 0 Å². The Morgan fingerprint density at radius 3 is 2.38 bits per heavy atom. The van der Waals surface area contributed by atoms with Crippen molar-refractivity contribution in [1.29, 1.82) is 0 Å². The lowest BCUT2D eigenvalue weighted by Gasteiger charge is -2.23.